The molecule has 1 fully saturated rings. The number of urea groups is 1. The Bertz CT molecular complexity index is 1070. The summed E-state index contributed by atoms with van der Waals surface area (Å²) in [4.78, 5) is 20.8. The van der Waals surface area contributed by atoms with Gasteiger partial charge in [0.1, 0.15) is 11.5 Å². The van der Waals surface area contributed by atoms with Crippen molar-refractivity contribution in [2.75, 3.05) is 30.9 Å². The number of benzene rings is 2. The van der Waals surface area contributed by atoms with Crippen LogP contribution in [0.5, 0.6) is 0 Å². The summed E-state index contributed by atoms with van der Waals surface area (Å²) in [5.41, 5.74) is 1.88. The van der Waals surface area contributed by atoms with Crippen LogP contribution >= 0.6 is 0 Å². The van der Waals surface area contributed by atoms with Crippen molar-refractivity contribution in [1.82, 2.24) is 14.5 Å². The highest BCUT2D eigenvalue weighted by Crippen LogP contribution is 2.34. The van der Waals surface area contributed by atoms with Crippen molar-refractivity contribution in [1.29, 1.82) is 0 Å². The van der Waals surface area contributed by atoms with Crippen molar-refractivity contribution in [3.63, 3.8) is 0 Å². The standard InChI is InChI=1S/C22H25F2N5O/c1-4-28-18-9-6-5-8-17(18)26-21(28)19-10-7-11-29(19)22(30)25-14-12-15(23)20(27(2)3)16(24)13-14/h5-6,8-9,12-13,19H,4,7,10-11H2,1-3H3,(H,25,30). The zero-order chi connectivity index (χ0) is 21.4. The normalized spacial score (nSPS) is 16.3. The first-order valence-electron chi connectivity index (χ1n) is 10.1. The van der Waals surface area contributed by atoms with E-state index in [0.717, 1.165) is 48.4 Å². The molecule has 0 saturated carbocycles. The van der Waals surface area contributed by atoms with Crippen molar-refractivity contribution in [3.8, 4) is 0 Å². The predicted octanol–water partition coefficient (Wildman–Crippen LogP) is 4.77. The fraction of sp³-hybridized carbons (Fsp3) is 0.364. The molecule has 2 amide bonds. The van der Waals surface area contributed by atoms with E-state index in [4.69, 9.17) is 4.98 Å². The number of anilines is 2. The highest BCUT2D eigenvalue weighted by molar-refractivity contribution is 5.90. The molecule has 1 atom stereocenters. The van der Waals surface area contributed by atoms with E-state index in [2.05, 4.69) is 16.8 Å². The molecular formula is C22H25F2N5O. The van der Waals surface area contributed by atoms with Gasteiger partial charge in [0.2, 0.25) is 0 Å². The summed E-state index contributed by atoms with van der Waals surface area (Å²) in [6.45, 7) is 3.35. The van der Waals surface area contributed by atoms with Crippen LogP contribution in [-0.4, -0.2) is 41.1 Å². The van der Waals surface area contributed by atoms with E-state index in [1.54, 1.807) is 19.0 Å². The Balaban J connectivity index is 1.61. The average Bonchev–Trinajstić information content (AvgIpc) is 3.31. The predicted molar refractivity (Wildman–Crippen MR) is 114 cm³/mol. The molecule has 1 aliphatic heterocycles. The minimum absolute atomic E-state index is 0.0928. The summed E-state index contributed by atoms with van der Waals surface area (Å²) in [7, 11) is 3.13. The van der Waals surface area contributed by atoms with Gasteiger partial charge in [-0.05, 0) is 44.0 Å². The molecule has 4 rings (SSSR count). The molecule has 1 saturated heterocycles. The average molecular weight is 413 g/mol. The van der Waals surface area contributed by atoms with Crippen LogP contribution in [0.2, 0.25) is 0 Å². The molecule has 0 aliphatic carbocycles. The molecule has 1 N–H and O–H groups in total. The summed E-state index contributed by atoms with van der Waals surface area (Å²) in [5.74, 6) is -0.603. The highest BCUT2D eigenvalue weighted by atomic mass is 19.1. The second-order valence-corrected chi connectivity index (χ2v) is 7.67. The number of amides is 2. The number of likely N-dealkylation sites (tertiary alicyclic amines) is 1. The van der Waals surface area contributed by atoms with E-state index in [1.807, 2.05) is 24.3 Å². The van der Waals surface area contributed by atoms with E-state index in [0.29, 0.717) is 6.54 Å². The molecule has 0 spiro atoms. The fourth-order valence-electron chi connectivity index (χ4n) is 4.22. The number of fused-ring (bicyclic) bond motifs is 1. The van der Waals surface area contributed by atoms with Gasteiger partial charge < -0.3 is 19.7 Å². The van der Waals surface area contributed by atoms with Crippen LogP contribution in [0.1, 0.15) is 31.6 Å². The molecule has 0 radical (unpaired) electrons. The molecule has 0 bridgehead atoms. The number of hydrogen-bond acceptors (Lipinski definition) is 3. The second kappa shape index (κ2) is 7.93. The topological polar surface area (TPSA) is 53.4 Å². The third kappa shape index (κ3) is 3.46. The summed E-state index contributed by atoms with van der Waals surface area (Å²) in [6, 6.07) is 9.61. The minimum Gasteiger partial charge on any atom is -0.373 e. The number of imidazole rings is 1. The van der Waals surface area contributed by atoms with E-state index in [1.165, 1.54) is 4.90 Å². The van der Waals surface area contributed by atoms with Gasteiger partial charge in [-0.1, -0.05) is 12.1 Å². The van der Waals surface area contributed by atoms with Crippen LogP contribution in [0.3, 0.4) is 0 Å². The Morgan fingerprint density at radius 3 is 2.60 bits per heavy atom. The smallest absolute Gasteiger partial charge is 0.322 e. The van der Waals surface area contributed by atoms with Gasteiger partial charge in [-0.15, -0.1) is 0 Å². The first-order valence-corrected chi connectivity index (χ1v) is 10.1. The lowest BCUT2D eigenvalue weighted by Crippen LogP contribution is -2.35. The number of nitrogens with zero attached hydrogens (tertiary/aromatic N) is 4. The summed E-state index contributed by atoms with van der Waals surface area (Å²) in [5, 5.41) is 2.65. The van der Waals surface area contributed by atoms with Crippen LogP contribution in [-0.2, 0) is 6.54 Å². The number of carbonyl (C=O) groups excluding carboxylic acids is 1. The Labute approximate surface area is 174 Å². The first kappa shape index (κ1) is 20.1. The first-order chi connectivity index (χ1) is 14.4. The van der Waals surface area contributed by atoms with Crippen molar-refractivity contribution < 1.29 is 13.6 Å². The number of halogens is 2. The summed E-state index contributed by atoms with van der Waals surface area (Å²) < 4.78 is 30.7. The van der Waals surface area contributed by atoms with Gasteiger partial charge in [0.25, 0.3) is 0 Å². The third-order valence-electron chi connectivity index (χ3n) is 5.53. The van der Waals surface area contributed by atoms with Gasteiger partial charge in [-0.2, -0.15) is 0 Å². The van der Waals surface area contributed by atoms with Crippen molar-refractivity contribution in [3.05, 3.63) is 53.9 Å². The molecule has 1 aromatic heterocycles. The lowest BCUT2D eigenvalue weighted by Gasteiger charge is -2.25. The summed E-state index contributed by atoms with van der Waals surface area (Å²) >= 11 is 0. The molecule has 30 heavy (non-hydrogen) atoms. The SMILES string of the molecule is CCn1c(C2CCCN2C(=O)Nc2cc(F)c(N(C)C)c(F)c2)nc2ccccc21. The van der Waals surface area contributed by atoms with Crippen LogP contribution in [0.4, 0.5) is 25.0 Å². The van der Waals surface area contributed by atoms with E-state index < -0.39 is 11.6 Å². The van der Waals surface area contributed by atoms with Gasteiger partial charge in [0, 0.05) is 32.9 Å². The molecule has 158 valence electrons. The van der Waals surface area contributed by atoms with Crippen LogP contribution in [0, 0.1) is 11.6 Å². The number of aryl methyl sites for hydroxylation is 1. The molecule has 2 aromatic carbocycles. The number of nitrogens with one attached hydrogen (secondary N) is 1. The molecule has 1 unspecified atom stereocenters. The van der Waals surface area contributed by atoms with Gasteiger partial charge in [-0.25, -0.2) is 18.6 Å². The maximum Gasteiger partial charge on any atom is 0.322 e. The lowest BCUT2D eigenvalue weighted by molar-refractivity contribution is 0.204. The molecule has 6 nitrogen and oxygen atoms in total. The highest BCUT2D eigenvalue weighted by Gasteiger charge is 2.34. The monoisotopic (exact) mass is 413 g/mol. The number of carbonyl (C=O) groups is 1. The zero-order valence-electron chi connectivity index (χ0n) is 17.3. The third-order valence-corrected chi connectivity index (χ3v) is 5.53. The van der Waals surface area contributed by atoms with Crippen molar-refractivity contribution >= 4 is 28.4 Å². The van der Waals surface area contributed by atoms with Crippen LogP contribution < -0.4 is 10.2 Å². The van der Waals surface area contributed by atoms with E-state index in [-0.39, 0.29) is 23.4 Å². The van der Waals surface area contributed by atoms with Crippen molar-refractivity contribution in [2.45, 2.75) is 32.4 Å². The largest absolute Gasteiger partial charge is 0.373 e. The Morgan fingerprint density at radius 2 is 1.93 bits per heavy atom. The molecule has 1 aliphatic rings. The molecular weight excluding hydrogens is 388 g/mol. The van der Waals surface area contributed by atoms with Crippen molar-refractivity contribution in [2.24, 2.45) is 0 Å². The Hall–Kier alpha value is -3.16. The van der Waals surface area contributed by atoms with Crippen LogP contribution in [0.25, 0.3) is 11.0 Å². The fourth-order valence-corrected chi connectivity index (χ4v) is 4.22. The van der Waals surface area contributed by atoms with Gasteiger partial charge >= 0.3 is 6.03 Å². The maximum atomic E-state index is 14.3. The van der Waals surface area contributed by atoms with Gasteiger partial charge in [0.05, 0.1) is 17.1 Å². The van der Waals surface area contributed by atoms with Gasteiger partial charge in [-0.3, -0.25) is 0 Å². The van der Waals surface area contributed by atoms with Gasteiger partial charge in [0.15, 0.2) is 11.6 Å². The quantitative estimate of drug-likeness (QED) is 0.670. The summed E-state index contributed by atoms with van der Waals surface area (Å²) in [6.07, 6.45) is 1.63. The molecule has 3 aromatic rings. The lowest BCUT2D eigenvalue weighted by atomic mass is 10.2. The zero-order valence-corrected chi connectivity index (χ0v) is 17.3. The second-order valence-electron chi connectivity index (χ2n) is 7.67. The maximum absolute atomic E-state index is 14.3. The number of rotatable bonds is 4. The minimum atomic E-state index is -0.721. The Morgan fingerprint density at radius 1 is 1.23 bits per heavy atom. The van der Waals surface area contributed by atoms with Crippen LogP contribution in [0.15, 0.2) is 36.4 Å². The van der Waals surface area contributed by atoms with E-state index in [9.17, 15) is 13.6 Å². The molecule has 8 heteroatoms. The molecule has 2 heterocycles. The van der Waals surface area contributed by atoms with E-state index >= 15 is 0 Å². The Kier molecular flexibility index (Phi) is 5.32. The number of aromatic nitrogens is 2. The number of para-hydroxylation sites is 2. The number of hydrogen-bond donors (Lipinski definition) is 1.